The molecule has 1 aliphatic heterocycles. The lowest BCUT2D eigenvalue weighted by Gasteiger charge is -2.25. The van der Waals surface area contributed by atoms with E-state index in [-0.39, 0.29) is 5.92 Å². The van der Waals surface area contributed by atoms with Gasteiger partial charge in [0.1, 0.15) is 6.33 Å². The normalized spacial score (nSPS) is 16.7. The molecule has 0 N–H and O–H groups in total. The van der Waals surface area contributed by atoms with Crippen molar-refractivity contribution in [2.45, 2.75) is 17.7 Å². The van der Waals surface area contributed by atoms with Crippen molar-refractivity contribution < 1.29 is 0 Å². The van der Waals surface area contributed by atoms with Gasteiger partial charge in [0, 0.05) is 44.3 Å². The van der Waals surface area contributed by atoms with Crippen LogP contribution in [0, 0.1) is 5.92 Å². The third-order valence-electron chi connectivity index (χ3n) is 11.0. The zero-order valence-corrected chi connectivity index (χ0v) is 29.3. The minimum absolute atomic E-state index is 0.228. The molecule has 246 valence electrons. The molecule has 52 heavy (non-hydrogen) atoms. The number of para-hydroxylation sites is 2. The first-order valence-electron chi connectivity index (χ1n) is 17.8. The lowest BCUT2D eigenvalue weighted by Crippen LogP contribution is -2.14. The number of rotatable bonds is 4. The standard InChI is InChI=1S/C47H32N4S/c1-29-18-23-41(47-45(29)46-44(52-47)27-48-28-49-46)51-40-17-8-6-15-36(40)38-25-42-37(26-43(38)51)35-14-5-7-16-39(35)50(42)34-13-9-12-33(24-34)32-21-19-31(20-22-32)30-10-3-2-4-11-30/h2-29,45H,1H3. The van der Waals surface area contributed by atoms with Crippen LogP contribution < -0.4 is 0 Å². The van der Waals surface area contributed by atoms with Crippen molar-refractivity contribution in [3.8, 4) is 27.9 Å². The predicted octanol–water partition coefficient (Wildman–Crippen LogP) is 12.3. The van der Waals surface area contributed by atoms with E-state index in [0.717, 1.165) is 16.3 Å². The molecular formula is C47H32N4S. The molecule has 9 aromatic rings. The number of hydrogen-bond donors (Lipinski definition) is 0. The van der Waals surface area contributed by atoms with Gasteiger partial charge < -0.3 is 9.13 Å². The molecule has 0 bridgehead atoms. The van der Waals surface area contributed by atoms with Crippen LogP contribution in [0.25, 0.3) is 77.2 Å². The quantitative estimate of drug-likeness (QED) is 0.185. The average Bonchev–Trinajstić information content (AvgIpc) is 3.86. The summed E-state index contributed by atoms with van der Waals surface area (Å²) < 4.78 is 4.94. The summed E-state index contributed by atoms with van der Waals surface area (Å²) in [6.45, 7) is 2.30. The highest BCUT2D eigenvalue weighted by Gasteiger charge is 2.38. The number of benzene rings is 6. The molecule has 1 aliphatic carbocycles. The molecule has 0 amide bonds. The van der Waals surface area contributed by atoms with Gasteiger partial charge in [-0.25, -0.2) is 9.97 Å². The predicted molar refractivity (Wildman–Crippen MR) is 217 cm³/mol. The van der Waals surface area contributed by atoms with Crippen molar-refractivity contribution in [1.29, 1.82) is 0 Å². The number of aromatic nitrogens is 4. The molecular weight excluding hydrogens is 653 g/mol. The van der Waals surface area contributed by atoms with Gasteiger partial charge >= 0.3 is 0 Å². The number of thioether (sulfide) groups is 1. The number of hydrogen-bond acceptors (Lipinski definition) is 3. The van der Waals surface area contributed by atoms with Crippen molar-refractivity contribution in [1.82, 2.24) is 19.1 Å². The molecule has 4 heterocycles. The fourth-order valence-corrected chi connectivity index (χ4v) is 9.90. The molecule has 0 radical (unpaired) electrons. The first kappa shape index (κ1) is 29.5. The van der Waals surface area contributed by atoms with Gasteiger partial charge in [-0.3, -0.25) is 0 Å². The lowest BCUT2D eigenvalue weighted by molar-refractivity contribution is 0.608. The van der Waals surface area contributed by atoms with E-state index in [1.807, 2.05) is 18.0 Å². The van der Waals surface area contributed by atoms with Crippen LogP contribution in [0.1, 0.15) is 18.5 Å². The Bertz CT molecular complexity index is 2950. The van der Waals surface area contributed by atoms with Crippen LogP contribution in [0.4, 0.5) is 0 Å². The maximum atomic E-state index is 4.77. The zero-order chi connectivity index (χ0) is 34.3. The zero-order valence-electron chi connectivity index (χ0n) is 28.4. The molecule has 11 rings (SSSR count). The maximum Gasteiger partial charge on any atom is 0.115 e. The topological polar surface area (TPSA) is 35.6 Å². The Kier molecular flexibility index (Phi) is 6.49. The number of allylic oxidation sites excluding steroid dienone is 4. The molecule has 3 aromatic heterocycles. The van der Waals surface area contributed by atoms with Crippen molar-refractivity contribution in [2.75, 3.05) is 0 Å². The third-order valence-corrected chi connectivity index (χ3v) is 12.2. The van der Waals surface area contributed by atoms with E-state index in [9.17, 15) is 0 Å². The average molecular weight is 685 g/mol. The molecule has 2 atom stereocenters. The Morgan fingerprint density at radius 3 is 1.92 bits per heavy atom. The summed E-state index contributed by atoms with van der Waals surface area (Å²) in [4.78, 5) is 11.7. The second kappa shape index (κ2) is 11.4. The van der Waals surface area contributed by atoms with Crippen LogP contribution in [-0.2, 0) is 0 Å². The summed E-state index contributed by atoms with van der Waals surface area (Å²) >= 11 is 1.83. The SMILES string of the molecule is CC1C=CC(n2c3ccccc3c3cc4c(cc32)c2ccccc2n4-c2cccc(-c3ccc(-c4ccccc4)cc3)c2)=C2Sc3cncnc3C21. The molecule has 2 aliphatic rings. The second-order valence-electron chi connectivity index (χ2n) is 13.9. The van der Waals surface area contributed by atoms with E-state index < -0.39 is 0 Å². The van der Waals surface area contributed by atoms with Crippen molar-refractivity contribution in [2.24, 2.45) is 5.92 Å². The smallest absolute Gasteiger partial charge is 0.115 e. The minimum atomic E-state index is 0.228. The molecule has 0 spiro atoms. The van der Waals surface area contributed by atoms with Crippen molar-refractivity contribution >= 4 is 61.1 Å². The fraction of sp³-hybridized carbons (Fsp3) is 0.0638. The first-order chi connectivity index (χ1) is 25.7. The van der Waals surface area contributed by atoms with Gasteiger partial charge in [0.05, 0.1) is 38.4 Å². The summed E-state index contributed by atoms with van der Waals surface area (Å²) in [6, 6.07) is 51.0. The van der Waals surface area contributed by atoms with Crippen LogP contribution in [0.2, 0.25) is 0 Å². The van der Waals surface area contributed by atoms with Gasteiger partial charge in [0.2, 0.25) is 0 Å². The van der Waals surface area contributed by atoms with Crippen LogP contribution in [0.5, 0.6) is 0 Å². The second-order valence-corrected chi connectivity index (χ2v) is 15.0. The van der Waals surface area contributed by atoms with Gasteiger partial charge in [-0.05, 0) is 70.6 Å². The summed E-state index contributed by atoms with van der Waals surface area (Å²) in [5, 5.41) is 4.99. The first-order valence-corrected chi connectivity index (χ1v) is 18.7. The summed E-state index contributed by atoms with van der Waals surface area (Å²) in [5.74, 6) is 0.587. The highest BCUT2D eigenvalue weighted by atomic mass is 32.2. The van der Waals surface area contributed by atoms with Gasteiger partial charge in [0.25, 0.3) is 0 Å². The van der Waals surface area contributed by atoms with Crippen LogP contribution in [0.15, 0.2) is 174 Å². The van der Waals surface area contributed by atoms with E-state index in [1.54, 1.807) is 6.33 Å². The molecule has 6 aromatic carbocycles. The Labute approximate surface area is 305 Å². The van der Waals surface area contributed by atoms with E-state index in [4.69, 9.17) is 4.98 Å². The molecule has 0 fully saturated rings. The maximum absolute atomic E-state index is 4.77. The van der Waals surface area contributed by atoms with Gasteiger partial charge in [0.15, 0.2) is 0 Å². The number of fused-ring (bicyclic) bond motifs is 9. The minimum Gasteiger partial charge on any atom is -0.309 e. The fourth-order valence-electron chi connectivity index (χ4n) is 8.54. The van der Waals surface area contributed by atoms with Gasteiger partial charge in [-0.2, -0.15) is 0 Å². The largest absolute Gasteiger partial charge is 0.309 e. The van der Waals surface area contributed by atoms with E-state index >= 15 is 0 Å². The van der Waals surface area contributed by atoms with Crippen LogP contribution in [-0.4, -0.2) is 19.1 Å². The Hall–Kier alpha value is -6.17. The number of nitrogens with zero attached hydrogens (tertiary/aromatic N) is 4. The molecule has 0 saturated carbocycles. The molecule has 5 heteroatoms. The lowest BCUT2D eigenvalue weighted by atomic mass is 9.86. The van der Waals surface area contributed by atoms with Crippen molar-refractivity contribution in [3.63, 3.8) is 0 Å². The van der Waals surface area contributed by atoms with E-state index in [0.29, 0.717) is 5.92 Å². The van der Waals surface area contributed by atoms with E-state index in [2.05, 4.69) is 173 Å². The van der Waals surface area contributed by atoms with Crippen LogP contribution >= 0.6 is 11.8 Å². The van der Waals surface area contributed by atoms with Crippen molar-refractivity contribution in [3.05, 3.63) is 175 Å². The van der Waals surface area contributed by atoms with Gasteiger partial charge in [-0.15, -0.1) is 0 Å². The summed E-state index contributed by atoms with van der Waals surface area (Å²) in [6.07, 6.45) is 8.35. The molecule has 0 saturated heterocycles. The molecule has 4 nitrogen and oxygen atoms in total. The Morgan fingerprint density at radius 1 is 0.558 bits per heavy atom. The highest BCUT2D eigenvalue weighted by Crippen LogP contribution is 2.55. The monoisotopic (exact) mass is 684 g/mol. The van der Waals surface area contributed by atoms with Gasteiger partial charge in [-0.1, -0.05) is 128 Å². The molecule has 2 unspecified atom stereocenters. The Morgan fingerprint density at radius 2 is 1.17 bits per heavy atom. The highest BCUT2D eigenvalue weighted by molar-refractivity contribution is 8.03. The summed E-state index contributed by atoms with van der Waals surface area (Å²) in [5.41, 5.74) is 13.2. The Balaban J connectivity index is 1.12. The third kappa shape index (κ3) is 4.36. The van der Waals surface area contributed by atoms with E-state index in [1.165, 1.54) is 76.5 Å². The van der Waals surface area contributed by atoms with Crippen LogP contribution in [0.3, 0.4) is 0 Å². The summed E-state index contributed by atoms with van der Waals surface area (Å²) in [7, 11) is 0.